The number of hydrogen-bond donors (Lipinski definition) is 0. The molecule has 0 amide bonds. The fraction of sp³-hybridized carbons (Fsp3) is 0.0909. The molecule has 0 bridgehead atoms. The summed E-state index contributed by atoms with van der Waals surface area (Å²) in [5, 5.41) is 0. The highest BCUT2D eigenvalue weighted by molar-refractivity contribution is 7.17. The van der Waals surface area contributed by atoms with E-state index in [4.69, 9.17) is 0 Å². The molecule has 0 fully saturated rings. The molecule has 3 aromatic rings. The molecule has 74 valence electrons. The minimum atomic E-state index is 0.922. The maximum atomic E-state index is 4.52. The zero-order chi connectivity index (χ0) is 10.3. The fourth-order valence-electron chi connectivity index (χ4n) is 1.55. The third-order valence-corrected chi connectivity index (χ3v) is 3.11. The van der Waals surface area contributed by atoms with Gasteiger partial charge in [-0.25, -0.2) is 4.98 Å². The van der Waals surface area contributed by atoms with E-state index in [9.17, 15) is 0 Å². The van der Waals surface area contributed by atoms with Crippen LogP contribution in [0.3, 0.4) is 0 Å². The minimum Gasteiger partial charge on any atom is -0.297 e. The van der Waals surface area contributed by atoms with Crippen molar-refractivity contribution in [3.8, 4) is 11.4 Å². The maximum absolute atomic E-state index is 4.52. The van der Waals surface area contributed by atoms with E-state index in [0.29, 0.717) is 0 Å². The summed E-state index contributed by atoms with van der Waals surface area (Å²) in [5.74, 6) is 0. The summed E-state index contributed by atoms with van der Waals surface area (Å²) in [7, 11) is 0. The average molecular weight is 215 g/mol. The van der Waals surface area contributed by atoms with Gasteiger partial charge in [0.25, 0.3) is 0 Å². The second kappa shape index (κ2) is 3.17. The summed E-state index contributed by atoms with van der Waals surface area (Å²) in [5.41, 5.74) is 1.85. The van der Waals surface area contributed by atoms with E-state index in [1.807, 2.05) is 28.8 Å². The first-order valence-corrected chi connectivity index (χ1v) is 5.51. The molecule has 0 radical (unpaired) electrons. The van der Waals surface area contributed by atoms with Crippen molar-refractivity contribution < 1.29 is 0 Å². The zero-order valence-electron chi connectivity index (χ0n) is 8.21. The molecule has 0 saturated carbocycles. The Kier molecular flexibility index (Phi) is 1.82. The Balaban J connectivity index is 2.16. The number of aromatic nitrogens is 3. The van der Waals surface area contributed by atoms with Gasteiger partial charge in [0.1, 0.15) is 5.69 Å². The second-order valence-corrected chi connectivity index (χ2v) is 4.59. The first-order chi connectivity index (χ1) is 7.33. The van der Waals surface area contributed by atoms with Crippen molar-refractivity contribution in [1.29, 1.82) is 0 Å². The summed E-state index contributed by atoms with van der Waals surface area (Å²) < 4.78 is 2.05. The monoisotopic (exact) mass is 215 g/mol. The molecule has 0 aliphatic rings. The third-order valence-electron chi connectivity index (χ3n) is 2.20. The van der Waals surface area contributed by atoms with E-state index in [2.05, 4.69) is 23.1 Å². The molecule has 15 heavy (non-hydrogen) atoms. The molecule has 0 atom stereocenters. The van der Waals surface area contributed by atoms with Crippen LogP contribution in [0.4, 0.5) is 0 Å². The zero-order valence-corrected chi connectivity index (χ0v) is 9.03. The Bertz CT molecular complexity index is 563. The van der Waals surface area contributed by atoms with Crippen LogP contribution in [0.2, 0.25) is 0 Å². The highest BCUT2D eigenvalue weighted by Crippen LogP contribution is 2.21. The first-order valence-electron chi connectivity index (χ1n) is 4.69. The SMILES string of the molecule is Cc1cn2cc(-c3ccccn3)nc2s1. The fourth-order valence-corrected chi connectivity index (χ4v) is 2.36. The molecule has 0 aliphatic carbocycles. The summed E-state index contributed by atoms with van der Waals surface area (Å²) in [4.78, 5) is 11.1. The molecule has 3 aromatic heterocycles. The first kappa shape index (κ1) is 8.61. The predicted octanol–water partition coefficient (Wildman–Crippen LogP) is 2.77. The number of thiazole rings is 1. The summed E-state index contributed by atoms with van der Waals surface area (Å²) in [6, 6.07) is 5.85. The van der Waals surface area contributed by atoms with Gasteiger partial charge in [0.05, 0.1) is 5.69 Å². The van der Waals surface area contributed by atoms with E-state index in [-0.39, 0.29) is 0 Å². The normalized spacial score (nSPS) is 11.0. The molecule has 3 rings (SSSR count). The molecule has 0 aromatic carbocycles. The standard InChI is InChI=1S/C11H9N3S/c1-8-6-14-7-10(13-11(14)15-8)9-4-2-3-5-12-9/h2-7H,1H3. The van der Waals surface area contributed by atoms with Crippen molar-refractivity contribution >= 4 is 16.3 Å². The van der Waals surface area contributed by atoms with Gasteiger partial charge in [-0.3, -0.25) is 9.38 Å². The Hall–Kier alpha value is -1.68. The van der Waals surface area contributed by atoms with Crippen LogP contribution in [0.5, 0.6) is 0 Å². The van der Waals surface area contributed by atoms with Gasteiger partial charge >= 0.3 is 0 Å². The summed E-state index contributed by atoms with van der Waals surface area (Å²) >= 11 is 1.69. The predicted molar refractivity (Wildman–Crippen MR) is 61.0 cm³/mol. The smallest absolute Gasteiger partial charge is 0.194 e. The molecule has 0 aliphatic heterocycles. The third kappa shape index (κ3) is 1.43. The highest BCUT2D eigenvalue weighted by atomic mass is 32.1. The van der Waals surface area contributed by atoms with E-state index >= 15 is 0 Å². The lowest BCUT2D eigenvalue weighted by Gasteiger charge is -1.91. The van der Waals surface area contributed by atoms with Crippen molar-refractivity contribution in [3.05, 3.63) is 41.7 Å². The van der Waals surface area contributed by atoms with Gasteiger partial charge < -0.3 is 0 Å². The number of aryl methyl sites for hydroxylation is 1. The van der Waals surface area contributed by atoms with Gasteiger partial charge in [-0.2, -0.15) is 0 Å². The average Bonchev–Trinajstić information content (AvgIpc) is 2.76. The molecule has 4 heteroatoms. The van der Waals surface area contributed by atoms with Crippen LogP contribution in [0.25, 0.3) is 16.3 Å². The Morgan fingerprint density at radius 3 is 2.87 bits per heavy atom. The van der Waals surface area contributed by atoms with Crippen molar-refractivity contribution in [3.63, 3.8) is 0 Å². The van der Waals surface area contributed by atoms with Crippen LogP contribution < -0.4 is 0 Å². The van der Waals surface area contributed by atoms with E-state index in [1.54, 1.807) is 17.5 Å². The van der Waals surface area contributed by atoms with E-state index in [0.717, 1.165) is 16.3 Å². The minimum absolute atomic E-state index is 0.922. The maximum Gasteiger partial charge on any atom is 0.194 e. The number of pyridine rings is 1. The number of hydrogen-bond acceptors (Lipinski definition) is 3. The van der Waals surface area contributed by atoms with Crippen LogP contribution >= 0.6 is 11.3 Å². The molecule has 0 saturated heterocycles. The van der Waals surface area contributed by atoms with Crippen molar-refractivity contribution in [1.82, 2.24) is 14.4 Å². The molecular formula is C11H9N3S. The van der Waals surface area contributed by atoms with E-state index in [1.165, 1.54) is 4.88 Å². The van der Waals surface area contributed by atoms with Crippen LogP contribution in [-0.2, 0) is 0 Å². The number of fused-ring (bicyclic) bond motifs is 1. The topological polar surface area (TPSA) is 30.2 Å². The Morgan fingerprint density at radius 1 is 1.20 bits per heavy atom. The van der Waals surface area contributed by atoms with Gasteiger partial charge in [0.2, 0.25) is 0 Å². The van der Waals surface area contributed by atoms with Gasteiger partial charge in [-0.15, -0.1) is 11.3 Å². The van der Waals surface area contributed by atoms with Crippen molar-refractivity contribution in [2.24, 2.45) is 0 Å². The van der Waals surface area contributed by atoms with Crippen molar-refractivity contribution in [2.75, 3.05) is 0 Å². The molecule has 3 heterocycles. The number of imidazole rings is 1. The Labute approximate surface area is 91.1 Å². The summed E-state index contributed by atoms with van der Waals surface area (Å²) in [6.45, 7) is 2.08. The molecule has 0 N–H and O–H groups in total. The lowest BCUT2D eigenvalue weighted by Crippen LogP contribution is -1.80. The van der Waals surface area contributed by atoms with Gasteiger partial charge in [-0.05, 0) is 19.1 Å². The lowest BCUT2D eigenvalue weighted by molar-refractivity contribution is 1.21. The van der Waals surface area contributed by atoms with Gasteiger partial charge in [-0.1, -0.05) is 6.07 Å². The van der Waals surface area contributed by atoms with Crippen LogP contribution in [0, 0.1) is 6.92 Å². The van der Waals surface area contributed by atoms with E-state index < -0.39 is 0 Å². The highest BCUT2D eigenvalue weighted by Gasteiger charge is 2.06. The van der Waals surface area contributed by atoms with Gasteiger partial charge in [0.15, 0.2) is 4.96 Å². The van der Waals surface area contributed by atoms with Crippen LogP contribution in [0.15, 0.2) is 36.8 Å². The Morgan fingerprint density at radius 2 is 2.13 bits per heavy atom. The number of nitrogens with zero attached hydrogens (tertiary/aromatic N) is 3. The number of rotatable bonds is 1. The van der Waals surface area contributed by atoms with Gasteiger partial charge in [0, 0.05) is 23.5 Å². The largest absolute Gasteiger partial charge is 0.297 e. The molecular weight excluding hydrogens is 206 g/mol. The second-order valence-electron chi connectivity index (χ2n) is 3.37. The van der Waals surface area contributed by atoms with Crippen molar-refractivity contribution in [2.45, 2.75) is 6.92 Å². The molecule has 0 spiro atoms. The molecule has 3 nitrogen and oxygen atoms in total. The molecule has 0 unspecified atom stereocenters. The van der Waals surface area contributed by atoms with Crippen LogP contribution in [-0.4, -0.2) is 14.4 Å². The lowest BCUT2D eigenvalue weighted by atomic mass is 10.3. The van der Waals surface area contributed by atoms with Crippen LogP contribution in [0.1, 0.15) is 4.88 Å². The summed E-state index contributed by atoms with van der Waals surface area (Å²) in [6.07, 6.45) is 5.88. The quantitative estimate of drug-likeness (QED) is 0.624.